The summed E-state index contributed by atoms with van der Waals surface area (Å²) in [6, 6.07) is 4.64. The zero-order chi connectivity index (χ0) is 10.6. The topological polar surface area (TPSA) is 75.7 Å². The van der Waals surface area contributed by atoms with Crippen LogP contribution < -0.4 is 10.5 Å². The molecule has 14 heavy (non-hydrogen) atoms. The highest BCUT2D eigenvalue weighted by Gasteiger charge is 2.11. The Labute approximate surface area is 82.9 Å². The first-order chi connectivity index (χ1) is 6.69. The van der Waals surface area contributed by atoms with E-state index in [1.165, 1.54) is 7.11 Å². The molecule has 1 aromatic rings. The van der Waals surface area contributed by atoms with E-state index in [-0.39, 0.29) is 18.4 Å². The molecule has 0 heterocycles. The number of aliphatic hydroxyl groups is 1. The van der Waals surface area contributed by atoms with E-state index in [9.17, 15) is 5.11 Å². The van der Waals surface area contributed by atoms with Crippen LogP contribution in [0.2, 0.25) is 0 Å². The highest BCUT2D eigenvalue weighted by atomic mass is 16.5. The second-order valence-corrected chi connectivity index (χ2v) is 3.10. The molecule has 4 N–H and O–H groups in total. The molecule has 0 fully saturated rings. The van der Waals surface area contributed by atoms with E-state index >= 15 is 0 Å². The van der Waals surface area contributed by atoms with Crippen LogP contribution in [0.3, 0.4) is 0 Å². The number of ether oxygens (including phenoxy) is 1. The minimum absolute atomic E-state index is 0.114. The molecule has 4 heteroatoms. The van der Waals surface area contributed by atoms with Crippen LogP contribution in [0, 0.1) is 0 Å². The number of rotatable bonds is 4. The number of hydrogen-bond acceptors (Lipinski definition) is 4. The van der Waals surface area contributed by atoms with Gasteiger partial charge in [-0.3, -0.25) is 0 Å². The van der Waals surface area contributed by atoms with Crippen molar-refractivity contribution < 1.29 is 14.9 Å². The Bertz CT molecular complexity index is 301. The standard InChI is InChI=1S/C10H15NO3/c1-14-10-4-2-3-9(13)8(10)5-7(11)6-12/h2-4,7,12-13H,5-6,11H2,1H3. The first-order valence-electron chi connectivity index (χ1n) is 4.40. The molecule has 0 saturated carbocycles. The molecule has 1 aromatic carbocycles. The molecule has 0 aromatic heterocycles. The molecule has 1 unspecified atom stereocenters. The van der Waals surface area contributed by atoms with Crippen molar-refractivity contribution in [3.8, 4) is 11.5 Å². The van der Waals surface area contributed by atoms with Crippen molar-refractivity contribution in [3.63, 3.8) is 0 Å². The summed E-state index contributed by atoms with van der Waals surface area (Å²) in [5.74, 6) is 0.738. The third-order valence-electron chi connectivity index (χ3n) is 2.03. The lowest BCUT2D eigenvalue weighted by atomic mass is 10.0. The number of aliphatic hydroxyl groups excluding tert-OH is 1. The van der Waals surface area contributed by atoms with E-state index in [2.05, 4.69) is 0 Å². The molecule has 0 radical (unpaired) electrons. The Hall–Kier alpha value is -1.26. The van der Waals surface area contributed by atoms with Crippen LogP contribution in [0.4, 0.5) is 0 Å². The number of phenols is 1. The Morgan fingerprint density at radius 3 is 2.79 bits per heavy atom. The van der Waals surface area contributed by atoms with Gasteiger partial charge in [0.05, 0.1) is 13.7 Å². The van der Waals surface area contributed by atoms with Crippen LogP contribution in [-0.4, -0.2) is 30.0 Å². The van der Waals surface area contributed by atoms with Gasteiger partial charge in [-0.15, -0.1) is 0 Å². The molecular formula is C10H15NO3. The van der Waals surface area contributed by atoms with Gasteiger partial charge in [0.25, 0.3) is 0 Å². The van der Waals surface area contributed by atoms with Gasteiger partial charge in [0, 0.05) is 11.6 Å². The van der Waals surface area contributed by atoms with Crippen LogP contribution in [0.25, 0.3) is 0 Å². The van der Waals surface area contributed by atoms with Crippen LogP contribution in [0.1, 0.15) is 5.56 Å². The van der Waals surface area contributed by atoms with Gasteiger partial charge < -0.3 is 20.7 Å². The number of nitrogens with two attached hydrogens (primary N) is 1. The second-order valence-electron chi connectivity index (χ2n) is 3.10. The van der Waals surface area contributed by atoms with Crippen LogP contribution in [0.5, 0.6) is 11.5 Å². The minimum atomic E-state index is -0.378. The van der Waals surface area contributed by atoms with Gasteiger partial charge in [-0.05, 0) is 18.6 Å². The van der Waals surface area contributed by atoms with E-state index in [1.807, 2.05) is 0 Å². The van der Waals surface area contributed by atoms with Gasteiger partial charge in [-0.2, -0.15) is 0 Å². The molecule has 0 aliphatic rings. The Balaban J connectivity index is 2.92. The second kappa shape index (κ2) is 4.83. The number of phenolic OH excluding ortho intramolecular Hbond substituents is 1. The van der Waals surface area contributed by atoms with Gasteiger partial charge >= 0.3 is 0 Å². The average molecular weight is 197 g/mol. The molecule has 78 valence electrons. The normalized spacial score (nSPS) is 12.5. The maximum atomic E-state index is 9.55. The van der Waals surface area contributed by atoms with Gasteiger partial charge in [0.15, 0.2) is 0 Å². The third-order valence-corrected chi connectivity index (χ3v) is 2.03. The van der Waals surface area contributed by atoms with Crippen LogP contribution in [0.15, 0.2) is 18.2 Å². The van der Waals surface area contributed by atoms with E-state index in [0.29, 0.717) is 17.7 Å². The number of aromatic hydroxyl groups is 1. The summed E-state index contributed by atoms with van der Waals surface area (Å²) < 4.78 is 5.07. The molecule has 1 atom stereocenters. The fraction of sp³-hybridized carbons (Fsp3) is 0.400. The smallest absolute Gasteiger partial charge is 0.125 e. The molecular weight excluding hydrogens is 182 g/mol. The van der Waals surface area contributed by atoms with Crippen molar-refractivity contribution in [2.75, 3.05) is 13.7 Å². The predicted molar refractivity (Wildman–Crippen MR) is 53.4 cm³/mol. The van der Waals surface area contributed by atoms with Crippen molar-refractivity contribution in [3.05, 3.63) is 23.8 Å². The summed E-state index contributed by atoms with van der Waals surface area (Å²) in [4.78, 5) is 0. The maximum absolute atomic E-state index is 9.55. The summed E-state index contributed by atoms with van der Waals surface area (Å²) >= 11 is 0. The van der Waals surface area contributed by atoms with Crippen molar-refractivity contribution >= 4 is 0 Å². The predicted octanol–water partition coefficient (Wildman–Crippen LogP) is 0.263. The molecule has 0 spiro atoms. The van der Waals surface area contributed by atoms with E-state index < -0.39 is 0 Å². The number of benzene rings is 1. The average Bonchev–Trinajstić information content (AvgIpc) is 2.20. The zero-order valence-corrected chi connectivity index (χ0v) is 8.10. The molecule has 1 rings (SSSR count). The SMILES string of the molecule is COc1cccc(O)c1CC(N)CO. The minimum Gasteiger partial charge on any atom is -0.508 e. The van der Waals surface area contributed by atoms with Gasteiger partial charge in [-0.1, -0.05) is 6.07 Å². The molecule has 0 aliphatic heterocycles. The first-order valence-corrected chi connectivity index (χ1v) is 4.40. The zero-order valence-electron chi connectivity index (χ0n) is 8.10. The monoisotopic (exact) mass is 197 g/mol. The molecule has 0 aliphatic carbocycles. The van der Waals surface area contributed by atoms with Gasteiger partial charge in [0.2, 0.25) is 0 Å². The number of hydrogen-bond donors (Lipinski definition) is 3. The fourth-order valence-corrected chi connectivity index (χ4v) is 1.28. The van der Waals surface area contributed by atoms with Gasteiger partial charge in [-0.25, -0.2) is 0 Å². The lowest BCUT2D eigenvalue weighted by molar-refractivity contribution is 0.263. The maximum Gasteiger partial charge on any atom is 0.125 e. The van der Waals surface area contributed by atoms with E-state index in [4.69, 9.17) is 15.6 Å². The number of methoxy groups -OCH3 is 1. The Morgan fingerprint density at radius 2 is 2.21 bits per heavy atom. The molecule has 4 nitrogen and oxygen atoms in total. The molecule has 0 amide bonds. The molecule has 0 saturated heterocycles. The van der Waals surface area contributed by atoms with E-state index in [0.717, 1.165) is 0 Å². The lowest BCUT2D eigenvalue weighted by Gasteiger charge is -2.13. The van der Waals surface area contributed by atoms with Crippen LogP contribution >= 0.6 is 0 Å². The van der Waals surface area contributed by atoms with Crippen molar-refractivity contribution in [1.29, 1.82) is 0 Å². The summed E-state index contributed by atoms with van der Waals surface area (Å²) in [7, 11) is 1.53. The highest BCUT2D eigenvalue weighted by Crippen LogP contribution is 2.27. The quantitative estimate of drug-likeness (QED) is 0.647. The largest absolute Gasteiger partial charge is 0.508 e. The van der Waals surface area contributed by atoms with Crippen molar-refractivity contribution in [2.24, 2.45) is 5.73 Å². The lowest BCUT2D eigenvalue weighted by Crippen LogP contribution is -2.27. The Kier molecular flexibility index (Phi) is 3.73. The van der Waals surface area contributed by atoms with Crippen LogP contribution in [-0.2, 0) is 6.42 Å². The van der Waals surface area contributed by atoms with Crippen molar-refractivity contribution in [1.82, 2.24) is 0 Å². The highest BCUT2D eigenvalue weighted by molar-refractivity contribution is 5.44. The van der Waals surface area contributed by atoms with Crippen molar-refractivity contribution in [2.45, 2.75) is 12.5 Å². The first kappa shape index (κ1) is 10.8. The summed E-state index contributed by atoms with van der Waals surface area (Å²) in [6.07, 6.45) is 0.395. The van der Waals surface area contributed by atoms with Gasteiger partial charge in [0.1, 0.15) is 11.5 Å². The molecule has 0 bridgehead atoms. The summed E-state index contributed by atoms with van der Waals surface area (Å²) in [5.41, 5.74) is 6.22. The van der Waals surface area contributed by atoms with E-state index in [1.54, 1.807) is 18.2 Å². The third kappa shape index (κ3) is 2.37. The summed E-state index contributed by atoms with van der Waals surface area (Å²) in [5, 5.41) is 18.4. The fourth-order valence-electron chi connectivity index (χ4n) is 1.28. The summed E-state index contributed by atoms with van der Waals surface area (Å²) in [6.45, 7) is -0.114. The Morgan fingerprint density at radius 1 is 1.50 bits per heavy atom.